The van der Waals surface area contributed by atoms with Crippen molar-refractivity contribution >= 4 is 40.4 Å². The number of nitrogens with one attached hydrogen (secondary N) is 2. The lowest BCUT2D eigenvalue weighted by Gasteiger charge is -2.11. The van der Waals surface area contributed by atoms with E-state index < -0.39 is 12.2 Å². The normalized spacial score (nSPS) is 9.55. The van der Waals surface area contributed by atoms with Crippen LogP contribution in [0.3, 0.4) is 0 Å². The van der Waals surface area contributed by atoms with Gasteiger partial charge < -0.3 is 9.47 Å². The Hall–Kier alpha value is -2.22. The Balaban J connectivity index is 3.02. The molecule has 1 aromatic rings. The predicted molar refractivity (Wildman–Crippen MR) is 75.0 cm³/mol. The van der Waals surface area contributed by atoms with Crippen molar-refractivity contribution in [1.82, 2.24) is 0 Å². The summed E-state index contributed by atoms with van der Waals surface area (Å²) >= 11 is 0.925. The Labute approximate surface area is 120 Å². The minimum atomic E-state index is -0.649. The molecule has 1 rings (SSSR count). The average molecular weight is 298 g/mol. The van der Waals surface area contributed by atoms with E-state index in [1.54, 1.807) is 18.2 Å². The Bertz CT molecular complexity index is 533. The lowest BCUT2D eigenvalue weighted by molar-refractivity contribution is -0.109. The summed E-state index contributed by atoms with van der Waals surface area (Å²) in [5, 5.41) is 4.79. The van der Waals surface area contributed by atoms with Crippen LogP contribution in [-0.2, 0) is 14.3 Å². The minimum absolute atomic E-state index is 0.159. The minimum Gasteiger partial charge on any atom is -0.453 e. The first-order valence-electron chi connectivity index (χ1n) is 5.48. The van der Waals surface area contributed by atoms with Crippen molar-refractivity contribution in [2.45, 2.75) is 11.8 Å². The molecule has 0 spiro atoms. The number of hydrogen-bond acceptors (Lipinski definition) is 6. The Morgan fingerprint density at radius 2 is 1.65 bits per heavy atom. The number of rotatable bonds is 3. The fourth-order valence-corrected chi connectivity index (χ4v) is 2.00. The molecule has 20 heavy (non-hydrogen) atoms. The maximum atomic E-state index is 11.2. The third-order valence-electron chi connectivity index (χ3n) is 2.09. The molecule has 0 aliphatic rings. The van der Waals surface area contributed by atoms with Crippen molar-refractivity contribution in [3.05, 3.63) is 18.2 Å². The number of carbonyl (C=O) groups is 3. The highest BCUT2D eigenvalue weighted by Crippen LogP contribution is 2.31. The van der Waals surface area contributed by atoms with Gasteiger partial charge in [0, 0.05) is 17.5 Å². The summed E-state index contributed by atoms with van der Waals surface area (Å²) in [7, 11) is 2.48. The number of thioether (sulfide) groups is 1. The van der Waals surface area contributed by atoms with E-state index in [0.29, 0.717) is 16.3 Å². The van der Waals surface area contributed by atoms with Crippen LogP contribution >= 0.6 is 11.8 Å². The van der Waals surface area contributed by atoms with Crippen LogP contribution in [0.1, 0.15) is 6.92 Å². The number of carbonyl (C=O) groups excluding carboxylic acids is 3. The molecule has 0 saturated carbocycles. The maximum Gasteiger partial charge on any atom is 0.411 e. The van der Waals surface area contributed by atoms with Crippen LogP contribution in [0.4, 0.5) is 21.0 Å². The molecule has 2 N–H and O–H groups in total. The number of methoxy groups -OCH3 is 2. The number of amides is 2. The molecule has 108 valence electrons. The molecule has 0 radical (unpaired) electrons. The van der Waals surface area contributed by atoms with Gasteiger partial charge in [-0.15, -0.1) is 0 Å². The molecule has 0 aliphatic heterocycles. The van der Waals surface area contributed by atoms with E-state index in [2.05, 4.69) is 20.1 Å². The summed E-state index contributed by atoms with van der Waals surface area (Å²) < 4.78 is 8.97. The first kappa shape index (κ1) is 15.8. The second-order valence-corrected chi connectivity index (χ2v) is 4.76. The van der Waals surface area contributed by atoms with Gasteiger partial charge in [-0.05, 0) is 30.0 Å². The second kappa shape index (κ2) is 7.39. The largest absolute Gasteiger partial charge is 0.453 e. The summed E-state index contributed by atoms with van der Waals surface area (Å²) in [5.41, 5.74) is 0.850. The summed E-state index contributed by atoms with van der Waals surface area (Å²) in [6.45, 7) is 1.40. The third-order valence-corrected chi connectivity index (χ3v) is 2.93. The summed E-state index contributed by atoms with van der Waals surface area (Å²) in [4.78, 5) is 34.0. The fraction of sp³-hybridized carbons (Fsp3) is 0.250. The van der Waals surface area contributed by atoms with Crippen molar-refractivity contribution in [2.75, 3.05) is 24.9 Å². The van der Waals surface area contributed by atoms with Crippen molar-refractivity contribution in [2.24, 2.45) is 0 Å². The van der Waals surface area contributed by atoms with Gasteiger partial charge in [0.15, 0.2) is 5.12 Å². The SMILES string of the molecule is COC(=O)Nc1ccc(NC(=O)OC)c(SC(C)=O)c1. The molecule has 2 amide bonds. The zero-order valence-electron chi connectivity index (χ0n) is 11.2. The third kappa shape index (κ3) is 4.81. The van der Waals surface area contributed by atoms with Crippen LogP contribution < -0.4 is 10.6 Å². The Morgan fingerprint density at radius 1 is 1.05 bits per heavy atom. The van der Waals surface area contributed by atoms with Crippen LogP contribution in [-0.4, -0.2) is 31.5 Å². The quantitative estimate of drug-likeness (QED) is 0.833. The number of ether oxygens (including phenoxy) is 2. The highest BCUT2D eigenvalue weighted by molar-refractivity contribution is 8.13. The van der Waals surface area contributed by atoms with Crippen molar-refractivity contribution < 1.29 is 23.9 Å². The Kier molecular flexibility index (Phi) is 5.85. The van der Waals surface area contributed by atoms with E-state index in [9.17, 15) is 14.4 Å². The van der Waals surface area contributed by atoms with E-state index in [4.69, 9.17) is 0 Å². The van der Waals surface area contributed by atoms with Gasteiger partial charge in [-0.2, -0.15) is 0 Å². The van der Waals surface area contributed by atoms with E-state index in [0.717, 1.165) is 11.8 Å². The monoisotopic (exact) mass is 298 g/mol. The van der Waals surface area contributed by atoms with Gasteiger partial charge >= 0.3 is 12.2 Å². The molecule has 7 nitrogen and oxygen atoms in total. The summed E-state index contributed by atoms with van der Waals surface area (Å²) in [6.07, 6.45) is -1.28. The van der Waals surface area contributed by atoms with Crippen LogP contribution in [0, 0.1) is 0 Å². The molecule has 8 heteroatoms. The molecule has 0 aliphatic carbocycles. The summed E-state index contributed by atoms with van der Waals surface area (Å²) in [5.74, 6) is 0. The molecular formula is C12H14N2O5S. The van der Waals surface area contributed by atoms with E-state index in [-0.39, 0.29) is 5.12 Å². The lowest BCUT2D eigenvalue weighted by Crippen LogP contribution is -2.13. The van der Waals surface area contributed by atoms with E-state index >= 15 is 0 Å². The van der Waals surface area contributed by atoms with E-state index in [1.165, 1.54) is 21.1 Å². The molecule has 0 bridgehead atoms. The predicted octanol–water partition coefficient (Wildman–Crippen LogP) is 2.68. The Morgan fingerprint density at radius 3 is 2.20 bits per heavy atom. The smallest absolute Gasteiger partial charge is 0.411 e. The van der Waals surface area contributed by atoms with Gasteiger partial charge in [0.05, 0.1) is 19.9 Å². The molecular weight excluding hydrogens is 284 g/mol. The zero-order chi connectivity index (χ0) is 15.1. The van der Waals surface area contributed by atoms with Crippen LogP contribution in [0.5, 0.6) is 0 Å². The van der Waals surface area contributed by atoms with E-state index in [1.807, 2.05) is 0 Å². The standard InChI is InChI=1S/C12H14N2O5S/c1-7(15)20-10-6-8(13-11(16)18-2)4-5-9(10)14-12(17)19-3/h4-6H,1-3H3,(H,13,16)(H,14,17). The van der Waals surface area contributed by atoms with Gasteiger partial charge in [-0.25, -0.2) is 9.59 Å². The first-order valence-corrected chi connectivity index (χ1v) is 6.30. The number of benzene rings is 1. The molecule has 0 saturated heterocycles. The fourth-order valence-electron chi connectivity index (χ4n) is 1.27. The molecule has 0 unspecified atom stereocenters. The molecule has 1 aromatic carbocycles. The van der Waals surface area contributed by atoms with Crippen molar-refractivity contribution in [1.29, 1.82) is 0 Å². The molecule has 0 fully saturated rings. The van der Waals surface area contributed by atoms with Crippen LogP contribution in [0.2, 0.25) is 0 Å². The van der Waals surface area contributed by atoms with Crippen LogP contribution in [0.15, 0.2) is 23.1 Å². The highest BCUT2D eigenvalue weighted by Gasteiger charge is 2.11. The van der Waals surface area contributed by atoms with Gasteiger partial charge in [0.25, 0.3) is 0 Å². The average Bonchev–Trinajstić information content (AvgIpc) is 2.40. The van der Waals surface area contributed by atoms with Crippen LogP contribution in [0.25, 0.3) is 0 Å². The van der Waals surface area contributed by atoms with Gasteiger partial charge in [0.1, 0.15) is 0 Å². The zero-order valence-corrected chi connectivity index (χ0v) is 12.0. The van der Waals surface area contributed by atoms with Crippen molar-refractivity contribution in [3.8, 4) is 0 Å². The number of hydrogen-bond donors (Lipinski definition) is 2. The first-order chi connectivity index (χ1) is 9.46. The molecule has 0 aromatic heterocycles. The summed E-state index contributed by atoms with van der Waals surface area (Å²) in [6, 6.07) is 4.66. The topological polar surface area (TPSA) is 93.7 Å². The number of anilines is 2. The molecule has 0 atom stereocenters. The van der Waals surface area contributed by atoms with Gasteiger partial charge in [-0.3, -0.25) is 15.4 Å². The van der Waals surface area contributed by atoms with Gasteiger partial charge in [0.2, 0.25) is 0 Å². The van der Waals surface area contributed by atoms with Gasteiger partial charge in [-0.1, -0.05) is 0 Å². The second-order valence-electron chi connectivity index (χ2n) is 3.54. The van der Waals surface area contributed by atoms with Crippen molar-refractivity contribution in [3.63, 3.8) is 0 Å². The highest BCUT2D eigenvalue weighted by atomic mass is 32.2. The lowest BCUT2D eigenvalue weighted by atomic mass is 10.3. The molecule has 0 heterocycles. The maximum absolute atomic E-state index is 11.2.